The Morgan fingerprint density at radius 1 is 1.35 bits per heavy atom. The Bertz CT molecular complexity index is 831. The number of nitrogens with zero attached hydrogens (tertiary/aromatic N) is 1. The van der Waals surface area contributed by atoms with E-state index in [4.69, 9.17) is 20.8 Å². The minimum absolute atomic E-state index is 0.296. The van der Waals surface area contributed by atoms with Gasteiger partial charge in [-0.15, -0.1) is 0 Å². The maximum atomic E-state index is 12.2. The molecule has 6 heteroatoms. The lowest BCUT2D eigenvalue weighted by Gasteiger charge is -2.13. The van der Waals surface area contributed by atoms with E-state index in [9.17, 15) is 4.79 Å². The van der Waals surface area contributed by atoms with E-state index < -0.39 is 5.97 Å². The van der Waals surface area contributed by atoms with Crippen molar-refractivity contribution >= 4 is 34.2 Å². The Morgan fingerprint density at radius 2 is 2.22 bits per heavy atom. The van der Waals surface area contributed by atoms with Crippen molar-refractivity contribution in [1.29, 1.82) is 0 Å². The first-order valence-electron chi connectivity index (χ1n) is 7.21. The van der Waals surface area contributed by atoms with Crippen LogP contribution in [0, 0.1) is 0 Å². The summed E-state index contributed by atoms with van der Waals surface area (Å²) in [6.45, 7) is 2.49. The number of benzene rings is 1. The van der Waals surface area contributed by atoms with E-state index in [1.807, 2.05) is 24.3 Å². The van der Waals surface area contributed by atoms with E-state index in [2.05, 4.69) is 10.3 Å². The number of halogens is 1. The van der Waals surface area contributed by atoms with Crippen molar-refractivity contribution in [2.75, 3.05) is 11.9 Å². The molecule has 0 unspecified atom stereocenters. The molecule has 0 aliphatic carbocycles. The van der Waals surface area contributed by atoms with Crippen LogP contribution >= 0.6 is 11.6 Å². The number of aromatic nitrogens is 1. The molecular weight excluding hydrogens is 316 g/mol. The van der Waals surface area contributed by atoms with Gasteiger partial charge in [0.15, 0.2) is 0 Å². The summed E-state index contributed by atoms with van der Waals surface area (Å²) in [5.41, 5.74) is 1.63. The molecule has 0 aliphatic rings. The summed E-state index contributed by atoms with van der Waals surface area (Å²) in [6.07, 6.45) is 3.08. The third-order valence-electron chi connectivity index (χ3n) is 3.36. The second-order valence-electron chi connectivity index (χ2n) is 4.84. The highest BCUT2D eigenvalue weighted by molar-refractivity contribution is 6.35. The van der Waals surface area contributed by atoms with Crippen LogP contribution in [-0.4, -0.2) is 17.6 Å². The van der Waals surface area contributed by atoms with E-state index in [0.29, 0.717) is 34.9 Å². The monoisotopic (exact) mass is 330 g/mol. The number of carbonyl (C=O) groups is 1. The molecule has 0 bridgehead atoms. The summed E-state index contributed by atoms with van der Waals surface area (Å²) < 4.78 is 10.4. The van der Waals surface area contributed by atoms with Crippen molar-refractivity contribution in [3.63, 3.8) is 0 Å². The molecule has 0 saturated heterocycles. The lowest BCUT2D eigenvalue weighted by Crippen LogP contribution is -2.11. The number of ether oxygens (including phenoxy) is 1. The Labute approximate surface area is 138 Å². The van der Waals surface area contributed by atoms with Gasteiger partial charge in [0.25, 0.3) is 0 Å². The smallest absolute Gasteiger partial charge is 0.341 e. The highest BCUT2D eigenvalue weighted by Crippen LogP contribution is 2.31. The number of hydrogen-bond acceptors (Lipinski definition) is 5. The van der Waals surface area contributed by atoms with Gasteiger partial charge in [-0.25, -0.2) is 4.79 Å². The maximum absolute atomic E-state index is 12.2. The summed E-state index contributed by atoms with van der Waals surface area (Å²) in [7, 11) is 0. The number of pyridine rings is 1. The molecule has 0 amide bonds. The molecule has 0 saturated carbocycles. The third-order valence-corrected chi connectivity index (χ3v) is 3.67. The van der Waals surface area contributed by atoms with Crippen molar-refractivity contribution < 1.29 is 13.9 Å². The van der Waals surface area contributed by atoms with Gasteiger partial charge in [-0.1, -0.05) is 23.7 Å². The van der Waals surface area contributed by atoms with Crippen LogP contribution in [0.1, 0.15) is 23.0 Å². The number of fused-ring (bicyclic) bond motifs is 1. The average Bonchev–Trinajstić information content (AvgIpc) is 3.06. The summed E-state index contributed by atoms with van der Waals surface area (Å²) in [6, 6.07) is 9.11. The van der Waals surface area contributed by atoms with Gasteiger partial charge < -0.3 is 14.5 Å². The zero-order valence-electron chi connectivity index (χ0n) is 12.5. The molecule has 0 fully saturated rings. The van der Waals surface area contributed by atoms with E-state index in [1.54, 1.807) is 19.3 Å². The van der Waals surface area contributed by atoms with Gasteiger partial charge in [-0.3, -0.25) is 4.98 Å². The molecule has 2 aromatic heterocycles. The quantitative estimate of drug-likeness (QED) is 0.708. The Balaban J connectivity index is 2.06. The summed E-state index contributed by atoms with van der Waals surface area (Å²) in [5.74, 6) is 0.329. The molecule has 5 nitrogen and oxygen atoms in total. The molecule has 0 aliphatic heterocycles. The molecule has 1 N–H and O–H groups in total. The topological polar surface area (TPSA) is 64.4 Å². The normalized spacial score (nSPS) is 10.7. The highest BCUT2D eigenvalue weighted by Gasteiger charge is 2.17. The van der Waals surface area contributed by atoms with E-state index in [0.717, 1.165) is 11.1 Å². The first-order valence-corrected chi connectivity index (χ1v) is 7.59. The number of nitrogens with one attached hydrogen (secondary N) is 1. The predicted molar refractivity (Wildman–Crippen MR) is 88.7 cm³/mol. The zero-order chi connectivity index (χ0) is 16.2. The number of hydrogen-bond donors (Lipinski definition) is 1. The van der Waals surface area contributed by atoms with Crippen molar-refractivity contribution in [3.8, 4) is 0 Å². The fourth-order valence-electron chi connectivity index (χ4n) is 2.33. The van der Waals surface area contributed by atoms with Gasteiger partial charge in [0.05, 0.1) is 35.6 Å². The lowest BCUT2D eigenvalue weighted by atomic mass is 10.1. The minimum Gasteiger partial charge on any atom is -0.467 e. The number of anilines is 1. The molecule has 0 atom stereocenters. The second kappa shape index (κ2) is 6.71. The fraction of sp³-hybridized carbons (Fsp3) is 0.176. The molecule has 118 valence electrons. The van der Waals surface area contributed by atoms with Crippen LogP contribution in [-0.2, 0) is 11.3 Å². The van der Waals surface area contributed by atoms with Crippen molar-refractivity contribution in [3.05, 3.63) is 59.1 Å². The molecule has 0 radical (unpaired) electrons. The van der Waals surface area contributed by atoms with Crippen LogP contribution in [0.15, 0.2) is 47.2 Å². The fourth-order valence-corrected chi connectivity index (χ4v) is 2.55. The van der Waals surface area contributed by atoms with Crippen LogP contribution in [0.5, 0.6) is 0 Å². The number of esters is 1. The van der Waals surface area contributed by atoms with E-state index in [1.165, 1.54) is 6.20 Å². The van der Waals surface area contributed by atoms with E-state index in [-0.39, 0.29) is 0 Å². The molecule has 0 spiro atoms. The SMILES string of the molecule is CCOC(=O)c1cnc2c(Cl)cccc2c1NCc1ccco1. The van der Waals surface area contributed by atoms with Crippen LogP contribution in [0.2, 0.25) is 5.02 Å². The maximum Gasteiger partial charge on any atom is 0.341 e. The highest BCUT2D eigenvalue weighted by atomic mass is 35.5. The van der Waals surface area contributed by atoms with Crippen molar-refractivity contribution in [2.24, 2.45) is 0 Å². The Kier molecular flexibility index (Phi) is 4.48. The van der Waals surface area contributed by atoms with Crippen LogP contribution < -0.4 is 5.32 Å². The van der Waals surface area contributed by atoms with Gasteiger partial charge in [-0.2, -0.15) is 0 Å². The van der Waals surface area contributed by atoms with Gasteiger partial charge >= 0.3 is 5.97 Å². The largest absolute Gasteiger partial charge is 0.467 e. The minimum atomic E-state index is -0.427. The van der Waals surface area contributed by atoms with Gasteiger partial charge in [-0.05, 0) is 25.1 Å². The molecule has 2 heterocycles. The predicted octanol–water partition coefficient (Wildman–Crippen LogP) is 4.27. The Hall–Kier alpha value is -2.53. The first kappa shape index (κ1) is 15.4. The molecule has 3 aromatic rings. The van der Waals surface area contributed by atoms with Crippen molar-refractivity contribution in [2.45, 2.75) is 13.5 Å². The average molecular weight is 331 g/mol. The number of para-hydroxylation sites is 1. The van der Waals surface area contributed by atoms with Gasteiger partial charge in [0, 0.05) is 11.6 Å². The lowest BCUT2D eigenvalue weighted by molar-refractivity contribution is 0.0527. The number of rotatable bonds is 5. The second-order valence-corrected chi connectivity index (χ2v) is 5.24. The van der Waals surface area contributed by atoms with Gasteiger partial charge in [0.2, 0.25) is 0 Å². The molecule has 1 aromatic carbocycles. The molecular formula is C17H15ClN2O3. The number of carbonyl (C=O) groups excluding carboxylic acids is 1. The standard InChI is InChI=1S/C17H15ClN2O3/c1-2-22-17(21)13-10-20-16-12(6-3-7-14(16)18)15(13)19-9-11-5-4-8-23-11/h3-8,10H,2,9H2,1H3,(H,19,20). The number of furan rings is 1. The van der Waals surface area contributed by atoms with Crippen LogP contribution in [0.25, 0.3) is 10.9 Å². The summed E-state index contributed by atoms with van der Waals surface area (Å²) in [4.78, 5) is 16.5. The summed E-state index contributed by atoms with van der Waals surface area (Å²) in [5, 5.41) is 4.52. The Morgan fingerprint density at radius 3 is 2.96 bits per heavy atom. The van der Waals surface area contributed by atoms with E-state index >= 15 is 0 Å². The third kappa shape index (κ3) is 3.14. The van der Waals surface area contributed by atoms with Crippen LogP contribution in [0.3, 0.4) is 0 Å². The van der Waals surface area contributed by atoms with Crippen molar-refractivity contribution in [1.82, 2.24) is 4.98 Å². The first-order chi connectivity index (χ1) is 11.2. The summed E-state index contributed by atoms with van der Waals surface area (Å²) >= 11 is 6.20. The molecule has 3 rings (SSSR count). The molecule has 23 heavy (non-hydrogen) atoms. The van der Waals surface area contributed by atoms with Crippen LogP contribution in [0.4, 0.5) is 5.69 Å². The van der Waals surface area contributed by atoms with Gasteiger partial charge in [0.1, 0.15) is 11.3 Å². The zero-order valence-corrected chi connectivity index (χ0v) is 13.3.